The summed E-state index contributed by atoms with van der Waals surface area (Å²) in [7, 11) is 0. The van der Waals surface area contributed by atoms with Crippen molar-refractivity contribution in [2.45, 2.75) is 13.0 Å². The van der Waals surface area contributed by atoms with Crippen LogP contribution in [0.25, 0.3) is 0 Å². The summed E-state index contributed by atoms with van der Waals surface area (Å²) in [5.41, 5.74) is 0.807. The molecular formula is C14H11BrCl2O2. The van der Waals surface area contributed by atoms with Gasteiger partial charge in [0, 0.05) is 5.02 Å². The number of hydrogen-bond acceptors (Lipinski definition) is 2. The molecule has 2 aromatic carbocycles. The molecule has 0 radical (unpaired) electrons. The maximum atomic E-state index is 9.51. The molecule has 0 aliphatic rings. The highest BCUT2D eigenvalue weighted by molar-refractivity contribution is 9.10. The summed E-state index contributed by atoms with van der Waals surface area (Å²) in [5, 5.41) is 10.5. The third-order valence-electron chi connectivity index (χ3n) is 2.55. The van der Waals surface area contributed by atoms with E-state index in [1.165, 1.54) is 0 Å². The van der Waals surface area contributed by atoms with E-state index in [1.807, 2.05) is 6.07 Å². The molecule has 0 bridgehead atoms. The molecule has 2 aromatic rings. The van der Waals surface area contributed by atoms with Gasteiger partial charge in [-0.05, 0) is 58.7 Å². The molecule has 2 rings (SSSR count). The molecule has 0 aromatic heterocycles. The van der Waals surface area contributed by atoms with Crippen molar-refractivity contribution in [2.24, 2.45) is 0 Å². The normalized spacial score (nSPS) is 12.3. The number of halogens is 3. The molecule has 0 spiro atoms. The Hall–Kier alpha value is -0.740. The predicted molar refractivity (Wildman–Crippen MR) is 81.3 cm³/mol. The van der Waals surface area contributed by atoms with Gasteiger partial charge in [0.2, 0.25) is 0 Å². The highest BCUT2D eigenvalue weighted by Crippen LogP contribution is 2.36. The largest absolute Gasteiger partial charge is 0.455 e. The first kappa shape index (κ1) is 14.7. The van der Waals surface area contributed by atoms with Gasteiger partial charge >= 0.3 is 0 Å². The second kappa shape index (κ2) is 6.14. The number of hydrogen-bond donors (Lipinski definition) is 1. The van der Waals surface area contributed by atoms with Gasteiger partial charge < -0.3 is 9.84 Å². The number of benzene rings is 2. The number of rotatable bonds is 3. The molecule has 0 heterocycles. The van der Waals surface area contributed by atoms with E-state index in [1.54, 1.807) is 37.3 Å². The van der Waals surface area contributed by atoms with Crippen molar-refractivity contribution in [3.05, 3.63) is 56.5 Å². The average Bonchev–Trinajstić information content (AvgIpc) is 2.34. The van der Waals surface area contributed by atoms with Gasteiger partial charge in [-0.3, -0.25) is 0 Å². The van der Waals surface area contributed by atoms with Gasteiger partial charge in [-0.25, -0.2) is 0 Å². The first-order valence-corrected chi connectivity index (χ1v) is 7.12. The number of ether oxygens (including phenoxy) is 1. The number of aliphatic hydroxyl groups is 1. The maximum Gasteiger partial charge on any atom is 0.146 e. The van der Waals surface area contributed by atoms with Crippen molar-refractivity contribution in [3.8, 4) is 11.5 Å². The predicted octanol–water partition coefficient (Wildman–Crippen LogP) is 5.60. The summed E-state index contributed by atoms with van der Waals surface area (Å²) in [6.07, 6.45) is -0.524. The van der Waals surface area contributed by atoms with Crippen LogP contribution in [0.4, 0.5) is 0 Å². The van der Waals surface area contributed by atoms with Crippen LogP contribution in [0.15, 0.2) is 40.9 Å². The van der Waals surface area contributed by atoms with E-state index in [4.69, 9.17) is 27.9 Å². The van der Waals surface area contributed by atoms with Gasteiger partial charge in [0.05, 0.1) is 15.6 Å². The van der Waals surface area contributed by atoms with Crippen molar-refractivity contribution in [3.63, 3.8) is 0 Å². The molecule has 0 aliphatic heterocycles. The minimum atomic E-state index is -0.524. The minimum absolute atomic E-state index is 0.444. The SMILES string of the molecule is C[C@H](O)c1ccc(Oc2ccc(Cl)cc2Cl)c(Br)c1. The van der Waals surface area contributed by atoms with Crippen LogP contribution < -0.4 is 4.74 Å². The van der Waals surface area contributed by atoms with Gasteiger partial charge in [-0.1, -0.05) is 29.3 Å². The lowest BCUT2D eigenvalue weighted by Crippen LogP contribution is -1.92. The zero-order chi connectivity index (χ0) is 14.0. The van der Waals surface area contributed by atoms with E-state index in [2.05, 4.69) is 15.9 Å². The first-order valence-electron chi connectivity index (χ1n) is 5.58. The van der Waals surface area contributed by atoms with Crippen LogP contribution >= 0.6 is 39.1 Å². The lowest BCUT2D eigenvalue weighted by atomic mass is 10.1. The van der Waals surface area contributed by atoms with Crippen LogP contribution in [0.3, 0.4) is 0 Å². The van der Waals surface area contributed by atoms with Crippen LogP contribution in [0.1, 0.15) is 18.6 Å². The van der Waals surface area contributed by atoms with Gasteiger partial charge in [-0.15, -0.1) is 0 Å². The quantitative estimate of drug-likeness (QED) is 0.770. The van der Waals surface area contributed by atoms with E-state index >= 15 is 0 Å². The molecule has 100 valence electrons. The Balaban J connectivity index is 2.28. The second-order valence-electron chi connectivity index (χ2n) is 4.04. The molecule has 0 unspecified atom stereocenters. The molecule has 19 heavy (non-hydrogen) atoms. The Kier molecular flexibility index (Phi) is 4.74. The Morgan fingerprint density at radius 3 is 2.37 bits per heavy atom. The molecule has 2 nitrogen and oxygen atoms in total. The Morgan fingerprint density at radius 2 is 1.79 bits per heavy atom. The zero-order valence-corrected chi connectivity index (χ0v) is 13.1. The van der Waals surface area contributed by atoms with E-state index in [9.17, 15) is 5.11 Å². The fourth-order valence-corrected chi connectivity index (χ4v) is 2.46. The smallest absolute Gasteiger partial charge is 0.146 e. The first-order chi connectivity index (χ1) is 8.97. The summed E-state index contributed by atoms with van der Waals surface area (Å²) < 4.78 is 6.46. The summed E-state index contributed by atoms with van der Waals surface area (Å²) in [4.78, 5) is 0. The maximum absolute atomic E-state index is 9.51. The highest BCUT2D eigenvalue weighted by atomic mass is 79.9. The lowest BCUT2D eigenvalue weighted by Gasteiger charge is -2.11. The standard InChI is InChI=1S/C14H11BrCl2O2/c1-8(18)9-2-4-13(11(15)6-9)19-14-5-3-10(16)7-12(14)17/h2-8,18H,1H3/t8-/m0/s1. The summed E-state index contributed by atoms with van der Waals surface area (Å²) in [6, 6.07) is 10.4. The third-order valence-corrected chi connectivity index (χ3v) is 3.70. The van der Waals surface area contributed by atoms with Crippen molar-refractivity contribution in [2.75, 3.05) is 0 Å². The summed E-state index contributed by atoms with van der Waals surface area (Å²) >= 11 is 15.3. The Morgan fingerprint density at radius 1 is 1.11 bits per heavy atom. The van der Waals surface area contributed by atoms with Gasteiger partial charge in [-0.2, -0.15) is 0 Å². The molecule has 1 N–H and O–H groups in total. The average molecular weight is 362 g/mol. The van der Waals surface area contributed by atoms with Gasteiger partial charge in [0.15, 0.2) is 0 Å². The molecule has 0 fully saturated rings. The monoisotopic (exact) mass is 360 g/mol. The molecule has 0 saturated carbocycles. The third kappa shape index (κ3) is 3.63. The molecule has 5 heteroatoms. The summed E-state index contributed by atoms with van der Waals surface area (Å²) in [6.45, 7) is 1.71. The molecule has 0 saturated heterocycles. The van der Waals surface area contributed by atoms with Crippen LogP contribution in [-0.4, -0.2) is 5.11 Å². The van der Waals surface area contributed by atoms with Crippen molar-refractivity contribution < 1.29 is 9.84 Å². The molecular weight excluding hydrogens is 351 g/mol. The van der Waals surface area contributed by atoms with Crippen molar-refractivity contribution in [1.29, 1.82) is 0 Å². The van der Waals surface area contributed by atoms with Crippen molar-refractivity contribution >= 4 is 39.1 Å². The van der Waals surface area contributed by atoms with E-state index < -0.39 is 6.10 Å². The second-order valence-corrected chi connectivity index (χ2v) is 5.74. The lowest BCUT2D eigenvalue weighted by molar-refractivity contribution is 0.199. The van der Waals surface area contributed by atoms with E-state index in [-0.39, 0.29) is 0 Å². The zero-order valence-electron chi connectivity index (χ0n) is 10.0. The molecule has 1 atom stereocenters. The van der Waals surface area contributed by atoms with E-state index in [0.29, 0.717) is 21.5 Å². The summed E-state index contributed by atoms with van der Waals surface area (Å²) in [5.74, 6) is 1.14. The van der Waals surface area contributed by atoms with Gasteiger partial charge in [0.25, 0.3) is 0 Å². The van der Waals surface area contributed by atoms with Crippen LogP contribution in [0, 0.1) is 0 Å². The Labute approximate surface area is 130 Å². The minimum Gasteiger partial charge on any atom is -0.455 e. The number of aliphatic hydroxyl groups excluding tert-OH is 1. The topological polar surface area (TPSA) is 29.5 Å². The molecule has 0 amide bonds. The van der Waals surface area contributed by atoms with Crippen molar-refractivity contribution in [1.82, 2.24) is 0 Å². The highest BCUT2D eigenvalue weighted by Gasteiger charge is 2.09. The van der Waals surface area contributed by atoms with E-state index in [0.717, 1.165) is 10.0 Å². The van der Waals surface area contributed by atoms with Gasteiger partial charge in [0.1, 0.15) is 11.5 Å². The van der Waals surface area contributed by atoms with Crippen LogP contribution in [0.5, 0.6) is 11.5 Å². The fraction of sp³-hybridized carbons (Fsp3) is 0.143. The molecule has 0 aliphatic carbocycles. The van der Waals surface area contributed by atoms with Crippen LogP contribution in [0.2, 0.25) is 10.0 Å². The Bertz CT molecular complexity index is 600. The fourth-order valence-electron chi connectivity index (χ4n) is 1.54. The van der Waals surface area contributed by atoms with Crippen LogP contribution in [-0.2, 0) is 0 Å².